The van der Waals surface area contributed by atoms with Crippen LogP contribution in [0.4, 0.5) is 0 Å². The van der Waals surface area contributed by atoms with Crippen molar-refractivity contribution in [2.45, 2.75) is 144 Å². The zero-order valence-electron chi connectivity index (χ0n) is 22.8. The van der Waals surface area contributed by atoms with Gasteiger partial charge < -0.3 is 9.47 Å². The number of unbranched alkanes of at least 4 members (excludes halogenated alkanes) is 10. The average molecular weight is 469 g/mol. The second kappa shape index (κ2) is 22.7. The summed E-state index contributed by atoms with van der Waals surface area (Å²) in [5.41, 5.74) is 0. The van der Waals surface area contributed by atoms with Crippen molar-refractivity contribution in [3.05, 3.63) is 0 Å². The van der Waals surface area contributed by atoms with Crippen LogP contribution in [0, 0.1) is 17.8 Å². The summed E-state index contributed by atoms with van der Waals surface area (Å²) in [4.78, 5) is 23.6. The maximum Gasteiger partial charge on any atom is 0.306 e. The third kappa shape index (κ3) is 23.9. The minimum atomic E-state index is -0.0255. The molecule has 0 fully saturated rings. The Labute approximate surface area is 206 Å². The fourth-order valence-electron chi connectivity index (χ4n) is 3.93. The first kappa shape index (κ1) is 31.9. The molecule has 0 aromatic rings. The Bertz CT molecular complexity index is 459. The van der Waals surface area contributed by atoms with E-state index in [0.29, 0.717) is 43.8 Å². The molecule has 4 heteroatoms. The van der Waals surface area contributed by atoms with E-state index in [1.165, 1.54) is 57.8 Å². The molecule has 0 amide bonds. The van der Waals surface area contributed by atoms with Crippen LogP contribution >= 0.6 is 0 Å². The van der Waals surface area contributed by atoms with Gasteiger partial charge in [0.15, 0.2) is 0 Å². The highest BCUT2D eigenvalue weighted by atomic mass is 16.5. The Balaban J connectivity index is 3.42. The van der Waals surface area contributed by atoms with E-state index >= 15 is 0 Å². The largest absolute Gasteiger partial charge is 0.466 e. The Morgan fingerprint density at radius 2 is 1.00 bits per heavy atom. The fraction of sp³-hybridized carbons (Fsp3) is 0.931. The first-order valence-electron chi connectivity index (χ1n) is 14.2. The van der Waals surface area contributed by atoms with Crippen LogP contribution in [0.1, 0.15) is 144 Å². The Morgan fingerprint density at radius 1 is 0.576 bits per heavy atom. The van der Waals surface area contributed by atoms with Crippen LogP contribution in [-0.2, 0) is 19.1 Å². The molecule has 0 spiro atoms. The molecular weight excluding hydrogens is 412 g/mol. The van der Waals surface area contributed by atoms with E-state index in [4.69, 9.17) is 9.47 Å². The van der Waals surface area contributed by atoms with E-state index in [1.54, 1.807) is 0 Å². The van der Waals surface area contributed by atoms with Crippen LogP contribution in [0.2, 0.25) is 0 Å². The summed E-state index contributed by atoms with van der Waals surface area (Å²) in [6.45, 7) is 11.9. The lowest BCUT2D eigenvalue weighted by atomic mass is 9.95. The summed E-state index contributed by atoms with van der Waals surface area (Å²) >= 11 is 0. The summed E-state index contributed by atoms with van der Waals surface area (Å²) in [6.07, 6.45) is 19.1. The van der Waals surface area contributed by atoms with Crippen LogP contribution in [-0.4, -0.2) is 25.2 Å². The van der Waals surface area contributed by atoms with Crippen molar-refractivity contribution in [2.75, 3.05) is 13.2 Å². The minimum absolute atomic E-state index is 0.0101. The maximum atomic E-state index is 12.0. The van der Waals surface area contributed by atoms with Crippen molar-refractivity contribution in [1.82, 2.24) is 0 Å². The quantitative estimate of drug-likeness (QED) is 0.111. The third-order valence-corrected chi connectivity index (χ3v) is 6.44. The number of ether oxygens (including phenoxy) is 2. The molecule has 0 aromatic heterocycles. The van der Waals surface area contributed by atoms with Crippen molar-refractivity contribution in [1.29, 1.82) is 0 Å². The van der Waals surface area contributed by atoms with Gasteiger partial charge in [-0.25, -0.2) is 0 Å². The van der Waals surface area contributed by atoms with Crippen LogP contribution < -0.4 is 0 Å². The summed E-state index contributed by atoms with van der Waals surface area (Å²) in [5, 5.41) is 0. The van der Waals surface area contributed by atoms with Crippen LogP contribution in [0.3, 0.4) is 0 Å². The van der Waals surface area contributed by atoms with E-state index in [9.17, 15) is 9.59 Å². The van der Waals surface area contributed by atoms with Crippen molar-refractivity contribution in [3.8, 4) is 0 Å². The van der Waals surface area contributed by atoms with Crippen molar-refractivity contribution < 1.29 is 19.1 Å². The molecule has 0 aliphatic carbocycles. The zero-order chi connectivity index (χ0) is 24.7. The molecule has 0 rings (SSSR count). The van der Waals surface area contributed by atoms with Gasteiger partial charge in [-0.2, -0.15) is 0 Å². The maximum absolute atomic E-state index is 12.0. The molecule has 4 nitrogen and oxygen atoms in total. The highest BCUT2D eigenvalue weighted by Gasteiger charge is 2.13. The first-order valence-corrected chi connectivity index (χ1v) is 14.2. The monoisotopic (exact) mass is 468 g/mol. The highest BCUT2D eigenvalue weighted by molar-refractivity contribution is 5.69. The van der Waals surface area contributed by atoms with Gasteiger partial charge in [0.1, 0.15) is 0 Å². The SMILES string of the molecule is CCC(CCCCCCCCCCCCCC(=O)OCCC(C)C)CC(=O)OCCC(C)C. The van der Waals surface area contributed by atoms with Gasteiger partial charge in [0.25, 0.3) is 0 Å². The van der Waals surface area contributed by atoms with Crippen LogP contribution in [0.5, 0.6) is 0 Å². The number of carbonyl (C=O) groups excluding carboxylic acids is 2. The van der Waals surface area contributed by atoms with E-state index in [-0.39, 0.29) is 11.9 Å². The lowest BCUT2D eigenvalue weighted by molar-refractivity contribution is -0.145. The smallest absolute Gasteiger partial charge is 0.306 e. The van der Waals surface area contributed by atoms with Gasteiger partial charge in [-0.1, -0.05) is 105 Å². The van der Waals surface area contributed by atoms with Crippen LogP contribution in [0.25, 0.3) is 0 Å². The number of rotatable bonds is 23. The fourth-order valence-corrected chi connectivity index (χ4v) is 3.93. The summed E-state index contributed by atoms with van der Waals surface area (Å²) < 4.78 is 10.6. The predicted molar refractivity (Wildman–Crippen MR) is 139 cm³/mol. The molecule has 0 heterocycles. The van der Waals surface area contributed by atoms with Crippen molar-refractivity contribution in [2.24, 2.45) is 17.8 Å². The average Bonchev–Trinajstić information content (AvgIpc) is 2.75. The molecular formula is C29H56O4. The summed E-state index contributed by atoms with van der Waals surface area (Å²) in [6, 6.07) is 0. The molecule has 0 saturated carbocycles. The predicted octanol–water partition coefficient (Wildman–Crippen LogP) is 8.65. The van der Waals surface area contributed by atoms with Gasteiger partial charge in [-0.15, -0.1) is 0 Å². The van der Waals surface area contributed by atoms with E-state index < -0.39 is 0 Å². The molecule has 0 aromatic carbocycles. The molecule has 1 atom stereocenters. The minimum Gasteiger partial charge on any atom is -0.466 e. The second-order valence-corrected chi connectivity index (χ2v) is 10.7. The van der Waals surface area contributed by atoms with Crippen molar-refractivity contribution >= 4 is 11.9 Å². The van der Waals surface area contributed by atoms with Gasteiger partial charge in [0, 0.05) is 12.8 Å². The van der Waals surface area contributed by atoms with Gasteiger partial charge in [-0.05, 0) is 43.4 Å². The second-order valence-electron chi connectivity index (χ2n) is 10.7. The molecule has 0 aliphatic heterocycles. The number of esters is 2. The van der Waals surface area contributed by atoms with E-state index in [2.05, 4.69) is 34.6 Å². The van der Waals surface area contributed by atoms with Crippen molar-refractivity contribution in [3.63, 3.8) is 0 Å². The molecule has 0 radical (unpaired) electrons. The van der Waals surface area contributed by atoms with Gasteiger partial charge in [-0.3, -0.25) is 9.59 Å². The highest BCUT2D eigenvalue weighted by Crippen LogP contribution is 2.19. The standard InChI is InChI=1S/C29H56O4/c1-6-27(24-29(31)33-23-21-26(4)5)18-16-14-12-10-8-7-9-11-13-15-17-19-28(30)32-22-20-25(2)3/h25-27H,6-24H2,1-5H3. The molecule has 196 valence electrons. The molecule has 0 aliphatic rings. The summed E-state index contributed by atoms with van der Waals surface area (Å²) in [5.74, 6) is 1.62. The lowest BCUT2D eigenvalue weighted by Crippen LogP contribution is -2.13. The Morgan fingerprint density at radius 3 is 1.45 bits per heavy atom. The number of hydrogen-bond donors (Lipinski definition) is 0. The molecule has 0 saturated heterocycles. The third-order valence-electron chi connectivity index (χ3n) is 6.44. The molecule has 0 N–H and O–H groups in total. The van der Waals surface area contributed by atoms with E-state index in [1.807, 2.05) is 0 Å². The topological polar surface area (TPSA) is 52.6 Å². The number of hydrogen-bond acceptors (Lipinski definition) is 4. The van der Waals surface area contributed by atoms with E-state index in [0.717, 1.165) is 38.5 Å². The van der Waals surface area contributed by atoms with Crippen LogP contribution in [0.15, 0.2) is 0 Å². The molecule has 1 unspecified atom stereocenters. The Hall–Kier alpha value is -1.06. The normalized spacial score (nSPS) is 12.3. The summed E-state index contributed by atoms with van der Waals surface area (Å²) in [7, 11) is 0. The zero-order valence-corrected chi connectivity index (χ0v) is 22.8. The molecule has 0 bridgehead atoms. The first-order chi connectivity index (χ1) is 15.8. The van der Waals surface area contributed by atoms with Gasteiger partial charge in [0.2, 0.25) is 0 Å². The Kier molecular flexibility index (Phi) is 22.0. The van der Waals surface area contributed by atoms with Gasteiger partial charge >= 0.3 is 11.9 Å². The van der Waals surface area contributed by atoms with Gasteiger partial charge in [0.05, 0.1) is 13.2 Å². The lowest BCUT2D eigenvalue weighted by Gasteiger charge is -2.14. The molecule has 33 heavy (non-hydrogen) atoms. The number of carbonyl (C=O) groups is 2.